The number of hydrogen-bond acceptors (Lipinski definition) is 3. The van der Waals surface area contributed by atoms with Crippen molar-refractivity contribution in [2.45, 2.75) is 32.2 Å². The average Bonchev–Trinajstić information content (AvgIpc) is 2.68. The fourth-order valence-electron chi connectivity index (χ4n) is 2.88. The number of halogens is 7. The van der Waals surface area contributed by atoms with E-state index in [0.717, 1.165) is 6.07 Å². The van der Waals surface area contributed by atoms with Crippen molar-refractivity contribution in [2.75, 3.05) is 13.2 Å². The van der Waals surface area contributed by atoms with Crippen molar-refractivity contribution in [3.63, 3.8) is 0 Å². The summed E-state index contributed by atoms with van der Waals surface area (Å²) in [7, 11) is 0. The summed E-state index contributed by atoms with van der Waals surface area (Å²) in [5, 5.41) is 0. The molecule has 0 saturated carbocycles. The number of rotatable bonds is 6. The molecule has 0 spiro atoms. The molecule has 0 radical (unpaired) electrons. The molecule has 10 heteroatoms. The van der Waals surface area contributed by atoms with E-state index in [4.69, 9.17) is 9.47 Å². The van der Waals surface area contributed by atoms with Crippen LogP contribution in [0.25, 0.3) is 0 Å². The maximum Gasteiger partial charge on any atom is 0.429 e. The summed E-state index contributed by atoms with van der Waals surface area (Å²) in [5.41, 5.74) is -1.66. The molecule has 0 amide bonds. The third-order valence-corrected chi connectivity index (χ3v) is 4.46. The fourth-order valence-corrected chi connectivity index (χ4v) is 2.88. The largest absolute Gasteiger partial charge is 0.429 e. The highest BCUT2D eigenvalue weighted by molar-refractivity contribution is 5.31. The van der Waals surface area contributed by atoms with Crippen LogP contribution < -0.4 is 4.74 Å². The SMILES string of the molecule is CC1COC(CCc2ccc(C(F)(F)Oc3cc(F)c(F)c(F)c3)c(F)c2F)OC1. The molecule has 0 unspecified atom stereocenters. The van der Waals surface area contributed by atoms with Gasteiger partial charge in [0.05, 0.1) is 13.2 Å². The predicted octanol–water partition coefficient (Wildman–Crippen LogP) is 5.45. The van der Waals surface area contributed by atoms with E-state index >= 15 is 0 Å². The Hall–Kier alpha value is -2.33. The molecular formula is C20H17F7O3. The molecule has 3 rings (SSSR count). The van der Waals surface area contributed by atoms with Crippen LogP contribution in [-0.2, 0) is 22.0 Å². The Kier molecular flexibility index (Phi) is 6.56. The van der Waals surface area contributed by atoms with Crippen LogP contribution >= 0.6 is 0 Å². The molecule has 0 atom stereocenters. The minimum Gasteiger partial charge on any atom is -0.429 e. The Morgan fingerprint density at radius 1 is 0.933 bits per heavy atom. The van der Waals surface area contributed by atoms with E-state index in [1.807, 2.05) is 6.92 Å². The molecule has 3 nitrogen and oxygen atoms in total. The van der Waals surface area contributed by atoms with Gasteiger partial charge in [-0.1, -0.05) is 13.0 Å². The molecule has 2 aromatic rings. The summed E-state index contributed by atoms with van der Waals surface area (Å²) in [6, 6.07) is 1.89. The first kappa shape index (κ1) is 22.4. The van der Waals surface area contributed by atoms with Gasteiger partial charge >= 0.3 is 6.11 Å². The second kappa shape index (κ2) is 8.81. The second-order valence-corrected chi connectivity index (χ2v) is 6.96. The lowest BCUT2D eigenvalue weighted by atomic mass is 10.0. The van der Waals surface area contributed by atoms with Gasteiger partial charge < -0.3 is 14.2 Å². The third-order valence-electron chi connectivity index (χ3n) is 4.46. The first-order chi connectivity index (χ1) is 14.1. The van der Waals surface area contributed by atoms with Crippen LogP contribution in [0.15, 0.2) is 24.3 Å². The van der Waals surface area contributed by atoms with E-state index in [-0.39, 0.29) is 36.5 Å². The zero-order valence-electron chi connectivity index (χ0n) is 15.7. The standard InChI is InChI=1S/C20H17F7O3/c1-10-8-28-16(29-9-10)5-3-11-2-4-13(18(24)17(11)23)20(26,27)30-12-6-14(21)19(25)15(22)7-12/h2,4,6-7,10,16H,3,5,8-9H2,1H3. The van der Waals surface area contributed by atoms with E-state index < -0.39 is 52.8 Å². The van der Waals surface area contributed by atoms with Gasteiger partial charge in [0.1, 0.15) is 11.3 Å². The van der Waals surface area contributed by atoms with Crippen molar-refractivity contribution in [3.05, 3.63) is 64.5 Å². The van der Waals surface area contributed by atoms with Crippen LogP contribution in [0.3, 0.4) is 0 Å². The lowest BCUT2D eigenvalue weighted by Gasteiger charge is -2.27. The number of hydrogen-bond donors (Lipinski definition) is 0. The quantitative estimate of drug-likeness (QED) is 0.443. The monoisotopic (exact) mass is 438 g/mol. The third kappa shape index (κ3) is 4.86. The Labute approximate surface area is 167 Å². The minimum absolute atomic E-state index is 0.0388. The molecule has 0 aliphatic carbocycles. The number of ether oxygens (including phenoxy) is 3. The summed E-state index contributed by atoms with van der Waals surface area (Å²) in [4.78, 5) is 0. The van der Waals surface area contributed by atoms with Crippen LogP contribution in [-0.4, -0.2) is 19.5 Å². The molecular weight excluding hydrogens is 421 g/mol. The van der Waals surface area contributed by atoms with Crippen LogP contribution in [0.5, 0.6) is 5.75 Å². The van der Waals surface area contributed by atoms with Gasteiger partial charge in [-0.05, 0) is 18.1 Å². The molecule has 0 N–H and O–H groups in total. The van der Waals surface area contributed by atoms with E-state index in [1.165, 1.54) is 0 Å². The van der Waals surface area contributed by atoms with Crippen LogP contribution in [0, 0.1) is 35.0 Å². The molecule has 30 heavy (non-hydrogen) atoms. The summed E-state index contributed by atoms with van der Waals surface area (Å²) < 4.78 is 111. The van der Waals surface area contributed by atoms with Crippen molar-refractivity contribution in [1.29, 1.82) is 0 Å². The van der Waals surface area contributed by atoms with Gasteiger partial charge in [0.2, 0.25) is 0 Å². The van der Waals surface area contributed by atoms with Crippen molar-refractivity contribution in [1.82, 2.24) is 0 Å². The second-order valence-electron chi connectivity index (χ2n) is 6.96. The Bertz CT molecular complexity index is 889. The molecule has 1 saturated heterocycles. The summed E-state index contributed by atoms with van der Waals surface area (Å²) in [6.45, 7) is 2.82. The van der Waals surface area contributed by atoms with Crippen molar-refractivity contribution in [2.24, 2.45) is 5.92 Å². The highest BCUT2D eigenvalue weighted by Crippen LogP contribution is 2.35. The highest BCUT2D eigenvalue weighted by Gasteiger charge is 2.39. The summed E-state index contributed by atoms with van der Waals surface area (Å²) in [5.74, 6) is -9.71. The zero-order valence-corrected chi connectivity index (χ0v) is 15.7. The van der Waals surface area contributed by atoms with E-state index in [9.17, 15) is 30.7 Å². The Morgan fingerprint density at radius 3 is 2.13 bits per heavy atom. The molecule has 1 aliphatic rings. The van der Waals surface area contributed by atoms with Gasteiger partial charge in [-0.25, -0.2) is 22.0 Å². The number of alkyl halides is 2. The van der Waals surface area contributed by atoms with Gasteiger partial charge in [0.15, 0.2) is 35.4 Å². The molecule has 1 aliphatic heterocycles. The highest BCUT2D eigenvalue weighted by atomic mass is 19.3. The normalized spacial score (nSPS) is 19.7. The lowest BCUT2D eigenvalue weighted by molar-refractivity contribution is -0.199. The van der Waals surface area contributed by atoms with E-state index in [2.05, 4.69) is 4.74 Å². The summed E-state index contributed by atoms with van der Waals surface area (Å²) >= 11 is 0. The predicted molar refractivity (Wildman–Crippen MR) is 90.4 cm³/mol. The molecule has 0 aromatic heterocycles. The van der Waals surface area contributed by atoms with Crippen molar-refractivity contribution >= 4 is 0 Å². The molecule has 1 fully saturated rings. The minimum atomic E-state index is -4.48. The molecule has 2 aromatic carbocycles. The van der Waals surface area contributed by atoms with E-state index in [1.54, 1.807) is 0 Å². The van der Waals surface area contributed by atoms with Crippen LogP contribution in [0.1, 0.15) is 24.5 Å². The van der Waals surface area contributed by atoms with Crippen molar-refractivity contribution in [3.8, 4) is 5.75 Å². The summed E-state index contributed by atoms with van der Waals surface area (Å²) in [6.07, 6.45) is -4.95. The topological polar surface area (TPSA) is 27.7 Å². The van der Waals surface area contributed by atoms with Gasteiger partial charge in [-0.15, -0.1) is 0 Å². The van der Waals surface area contributed by atoms with E-state index in [0.29, 0.717) is 19.3 Å². The van der Waals surface area contributed by atoms with Gasteiger partial charge in [-0.2, -0.15) is 8.78 Å². The maximum atomic E-state index is 14.3. The number of aryl methyl sites for hydroxylation is 1. The Balaban J connectivity index is 1.75. The number of benzene rings is 2. The molecule has 0 bridgehead atoms. The maximum absolute atomic E-state index is 14.3. The zero-order chi connectivity index (χ0) is 22.1. The van der Waals surface area contributed by atoms with Gasteiger partial charge in [-0.3, -0.25) is 0 Å². The van der Waals surface area contributed by atoms with Gasteiger partial charge in [0, 0.05) is 24.5 Å². The molecule has 164 valence electrons. The first-order valence-electron chi connectivity index (χ1n) is 9.00. The smallest absolute Gasteiger partial charge is 0.429 e. The van der Waals surface area contributed by atoms with Gasteiger partial charge in [0.25, 0.3) is 0 Å². The first-order valence-corrected chi connectivity index (χ1v) is 9.00. The molecule has 1 heterocycles. The van der Waals surface area contributed by atoms with Crippen LogP contribution in [0.4, 0.5) is 30.7 Å². The Morgan fingerprint density at radius 2 is 1.53 bits per heavy atom. The van der Waals surface area contributed by atoms with Crippen molar-refractivity contribution < 1.29 is 44.9 Å². The van der Waals surface area contributed by atoms with Crippen LogP contribution in [0.2, 0.25) is 0 Å². The fraction of sp³-hybridized carbons (Fsp3) is 0.400. The average molecular weight is 438 g/mol. The lowest BCUT2D eigenvalue weighted by Crippen LogP contribution is -2.31.